The normalized spacial score (nSPS) is 12.8. The Kier molecular flexibility index (Phi) is 5.49. The number of carbonyl (C=O) groups is 1. The maximum atomic E-state index is 12.1. The van der Waals surface area contributed by atoms with Gasteiger partial charge in [-0.25, -0.2) is 9.67 Å². The number of nitrogens with one attached hydrogen (secondary N) is 1. The fourth-order valence-electron chi connectivity index (χ4n) is 2.23. The summed E-state index contributed by atoms with van der Waals surface area (Å²) in [5.74, 6) is 0.312. The van der Waals surface area contributed by atoms with Gasteiger partial charge in [-0.05, 0) is 24.8 Å². The fraction of sp³-hybridized carbons (Fsp3) is 0.562. The molecule has 2 rings (SSSR count). The van der Waals surface area contributed by atoms with Gasteiger partial charge in [0.15, 0.2) is 5.65 Å². The van der Waals surface area contributed by atoms with Crippen LogP contribution >= 0.6 is 0 Å². The molecule has 1 atom stereocenters. The van der Waals surface area contributed by atoms with Crippen molar-refractivity contribution in [2.24, 2.45) is 5.92 Å². The Balaban J connectivity index is 2.04. The summed E-state index contributed by atoms with van der Waals surface area (Å²) in [4.78, 5) is 16.4. The number of amides is 1. The predicted octanol–water partition coefficient (Wildman–Crippen LogP) is 1.98. The molecule has 6 nitrogen and oxygen atoms in total. The van der Waals surface area contributed by atoms with Gasteiger partial charge in [-0.15, -0.1) is 0 Å². The summed E-state index contributed by atoms with van der Waals surface area (Å²) in [5, 5.41) is 17.5. The molecule has 2 aromatic heterocycles. The number of hydrogen-bond donors (Lipinski definition) is 2. The van der Waals surface area contributed by atoms with Crippen LogP contribution in [0.3, 0.4) is 0 Å². The Hall–Kier alpha value is -1.95. The first-order valence-electron chi connectivity index (χ1n) is 7.79. The van der Waals surface area contributed by atoms with Gasteiger partial charge in [-0.2, -0.15) is 5.10 Å². The number of aliphatic hydroxyl groups is 1. The van der Waals surface area contributed by atoms with Crippen LogP contribution in [0.5, 0.6) is 0 Å². The Labute approximate surface area is 130 Å². The Morgan fingerprint density at radius 3 is 2.86 bits per heavy atom. The van der Waals surface area contributed by atoms with Crippen LogP contribution in [0.15, 0.2) is 18.5 Å². The second-order valence-electron chi connectivity index (χ2n) is 5.96. The lowest BCUT2D eigenvalue weighted by Crippen LogP contribution is -2.27. The summed E-state index contributed by atoms with van der Waals surface area (Å²) >= 11 is 0. The molecule has 1 amide bonds. The number of hydrogen-bond acceptors (Lipinski definition) is 4. The lowest BCUT2D eigenvalue weighted by atomic mass is 10.2. The van der Waals surface area contributed by atoms with Gasteiger partial charge in [-0.1, -0.05) is 20.8 Å². The van der Waals surface area contributed by atoms with Crippen molar-refractivity contribution in [1.29, 1.82) is 0 Å². The van der Waals surface area contributed by atoms with Crippen LogP contribution in [-0.2, 0) is 6.54 Å². The van der Waals surface area contributed by atoms with E-state index in [9.17, 15) is 9.90 Å². The molecular formula is C16H24N4O2. The van der Waals surface area contributed by atoms with E-state index in [1.165, 1.54) is 0 Å². The molecule has 0 fully saturated rings. The minimum atomic E-state index is -0.366. The van der Waals surface area contributed by atoms with Crippen LogP contribution in [-0.4, -0.2) is 38.4 Å². The molecule has 0 aliphatic rings. The highest BCUT2D eigenvalue weighted by molar-refractivity contribution is 5.96. The number of carbonyl (C=O) groups excluding carboxylic acids is 1. The van der Waals surface area contributed by atoms with Gasteiger partial charge < -0.3 is 10.4 Å². The summed E-state index contributed by atoms with van der Waals surface area (Å²) in [5.41, 5.74) is 1.31. The number of fused-ring (bicyclic) bond motifs is 1. The lowest BCUT2D eigenvalue weighted by Gasteiger charge is -2.09. The smallest absolute Gasteiger partial charge is 0.252 e. The highest BCUT2D eigenvalue weighted by atomic mass is 16.3. The van der Waals surface area contributed by atoms with Gasteiger partial charge in [-0.3, -0.25) is 4.79 Å². The topological polar surface area (TPSA) is 80.0 Å². The fourth-order valence-corrected chi connectivity index (χ4v) is 2.23. The SMILES string of the molecule is CCC(O)CCNC(=O)c1cnc2c(cnn2CC(C)C)c1. The third-order valence-corrected chi connectivity index (χ3v) is 3.51. The maximum absolute atomic E-state index is 12.1. The molecule has 0 aliphatic heterocycles. The Morgan fingerprint density at radius 1 is 1.41 bits per heavy atom. The minimum absolute atomic E-state index is 0.172. The summed E-state index contributed by atoms with van der Waals surface area (Å²) < 4.78 is 1.86. The largest absolute Gasteiger partial charge is 0.393 e. The highest BCUT2D eigenvalue weighted by Gasteiger charge is 2.11. The Morgan fingerprint density at radius 2 is 2.18 bits per heavy atom. The zero-order valence-corrected chi connectivity index (χ0v) is 13.4. The molecule has 0 bridgehead atoms. The van der Waals surface area contributed by atoms with Crippen LogP contribution in [0.25, 0.3) is 11.0 Å². The second kappa shape index (κ2) is 7.35. The van der Waals surface area contributed by atoms with Crippen LogP contribution in [0.1, 0.15) is 44.0 Å². The summed E-state index contributed by atoms with van der Waals surface area (Å²) in [6.07, 6.45) is 4.20. The molecule has 22 heavy (non-hydrogen) atoms. The third kappa shape index (κ3) is 4.04. The quantitative estimate of drug-likeness (QED) is 0.819. The zero-order chi connectivity index (χ0) is 16.1. The van der Waals surface area contributed by atoms with E-state index in [4.69, 9.17) is 0 Å². The molecular weight excluding hydrogens is 280 g/mol. The molecule has 0 radical (unpaired) electrons. The van der Waals surface area contributed by atoms with E-state index in [1.807, 2.05) is 11.6 Å². The third-order valence-electron chi connectivity index (χ3n) is 3.51. The van der Waals surface area contributed by atoms with Gasteiger partial charge >= 0.3 is 0 Å². The maximum Gasteiger partial charge on any atom is 0.252 e. The van der Waals surface area contributed by atoms with Gasteiger partial charge in [0.05, 0.1) is 17.9 Å². The van der Waals surface area contributed by atoms with Crippen LogP contribution in [0.2, 0.25) is 0 Å². The number of aromatic nitrogens is 3. The number of rotatable bonds is 7. The molecule has 0 saturated heterocycles. The van der Waals surface area contributed by atoms with Crippen molar-refractivity contribution >= 4 is 16.9 Å². The molecule has 2 heterocycles. The van der Waals surface area contributed by atoms with Gasteiger partial charge in [0, 0.05) is 24.7 Å². The zero-order valence-electron chi connectivity index (χ0n) is 13.4. The second-order valence-corrected chi connectivity index (χ2v) is 5.96. The summed E-state index contributed by atoms with van der Waals surface area (Å²) in [7, 11) is 0. The number of aliphatic hydroxyl groups excluding tert-OH is 1. The van der Waals surface area contributed by atoms with Crippen LogP contribution in [0, 0.1) is 5.92 Å². The predicted molar refractivity (Wildman–Crippen MR) is 85.6 cm³/mol. The highest BCUT2D eigenvalue weighted by Crippen LogP contribution is 2.14. The van der Waals surface area contributed by atoms with Gasteiger partial charge in [0.1, 0.15) is 0 Å². The van der Waals surface area contributed by atoms with Crippen molar-refractivity contribution in [2.45, 2.75) is 46.3 Å². The molecule has 0 spiro atoms. The van der Waals surface area contributed by atoms with E-state index in [1.54, 1.807) is 18.5 Å². The molecule has 1 unspecified atom stereocenters. The van der Waals surface area contributed by atoms with Crippen molar-refractivity contribution in [1.82, 2.24) is 20.1 Å². The average molecular weight is 304 g/mol. The van der Waals surface area contributed by atoms with E-state index >= 15 is 0 Å². The van der Waals surface area contributed by atoms with Crippen molar-refractivity contribution in [2.75, 3.05) is 6.54 Å². The van der Waals surface area contributed by atoms with E-state index in [2.05, 4.69) is 29.2 Å². The van der Waals surface area contributed by atoms with Crippen molar-refractivity contribution in [3.63, 3.8) is 0 Å². The molecule has 0 aliphatic carbocycles. The molecule has 2 aromatic rings. The summed E-state index contributed by atoms with van der Waals surface area (Å²) in [6, 6.07) is 1.80. The van der Waals surface area contributed by atoms with Gasteiger partial charge in [0.25, 0.3) is 5.91 Å². The number of pyridine rings is 1. The van der Waals surface area contributed by atoms with E-state index in [0.717, 1.165) is 17.6 Å². The van der Waals surface area contributed by atoms with Crippen molar-refractivity contribution in [3.8, 4) is 0 Å². The van der Waals surface area contributed by atoms with E-state index in [-0.39, 0.29) is 12.0 Å². The molecule has 6 heteroatoms. The standard InChI is InChI=1S/C16H24N4O2/c1-4-14(21)5-6-17-16(22)13-7-12-9-19-20(10-11(2)3)15(12)18-8-13/h7-9,11,14,21H,4-6,10H2,1-3H3,(H,17,22). The molecule has 0 saturated carbocycles. The Bertz CT molecular complexity index is 636. The van der Waals surface area contributed by atoms with Crippen molar-refractivity contribution < 1.29 is 9.90 Å². The molecule has 0 aromatic carbocycles. The number of nitrogens with zero attached hydrogens (tertiary/aromatic N) is 3. The van der Waals surface area contributed by atoms with Crippen molar-refractivity contribution in [3.05, 3.63) is 24.0 Å². The van der Waals surface area contributed by atoms with Crippen LogP contribution < -0.4 is 5.32 Å². The van der Waals surface area contributed by atoms with E-state index in [0.29, 0.717) is 30.9 Å². The average Bonchev–Trinajstić information content (AvgIpc) is 2.88. The molecule has 120 valence electrons. The van der Waals surface area contributed by atoms with Crippen LogP contribution in [0.4, 0.5) is 0 Å². The summed E-state index contributed by atoms with van der Waals surface area (Å²) in [6.45, 7) is 7.43. The minimum Gasteiger partial charge on any atom is -0.393 e. The molecule has 2 N–H and O–H groups in total. The first-order chi connectivity index (χ1) is 10.5. The first kappa shape index (κ1) is 16.4. The lowest BCUT2D eigenvalue weighted by molar-refractivity contribution is 0.0942. The first-order valence-corrected chi connectivity index (χ1v) is 7.79. The van der Waals surface area contributed by atoms with Gasteiger partial charge in [0.2, 0.25) is 0 Å². The monoisotopic (exact) mass is 304 g/mol. The van der Waals surface area contributed by atoms with E-state index < -0.39 is 0 Å².